The second-order valence-electron chi connectivity index (χ2n) is 4.45. The second-order valence-corrected chi connectivity index (χ2v) is 4.45. The molecule has 1 unspecified atom stereocenters. The first kappa shape index (κ1) is 11.4. The van der Waals surface area contributed by atoms with Crippen LogP contribution in [0, 0.1) is 17.2 Å². The summed E-state index contributed by atoms with van der Waals surface area (Å²) in [6.45, 7) is 1.68. The molecular weight excluding hydrogens is 218 g/mol. The molecule has 2 N–H and O–H groups in total. The molecule has 5 heteroatoms. The number of hydrogen-bond donors (Lipinski definition) is 2. The molecule has 2 rings (SSSR count). The molecule has 0 aromatic carbocycles. The quantitative estimate of drug-likeness (QED) is 0.822. The molecule has 0 aliphatic heterocycles. The van der Waals surface area contributed by atoms with Gasteiger partial charge in [0, 0.05) is 11.9 Å². The van der Waals surface area contributed by atoms with Crippen molar-refractivity contribution in [3.63, 3.8) is 0 Å². The van der Waals surface area contributed by atoms with E-state index in [9.17, 15) is 9.90 Å². The van der Waals surface area contributed by atoms with Crippen LogP contribution in [0.25, 0.3) is 0 Å². The fraction of sp³-hybridized carbons (Fsp3) is 0.417. The summed E-state index contributed by atoms with van der Waals surface area (Å²) in [5, 5.41) is 21.0. The minimum atomic E-state index is -0.964. The van der Waals surface area contributed by atoms with E-state index < -0.39 is 11.5 Å². The van der Waals surface area contributed by atoms with Crippen LogP contribution in [0.1, 0.15) is 25.5 Å². The first-order valence-corrected chi connectivity index (χ1v) is 5.44. The van der Waals surface area contributed by atoms with Crippen LogP contribution in [-0.2, 0) is 4.79 Å². The summed E-state index contributed by atoms with van der Waals surface area (Å²) >= 11 is 0. The van der Waals surface area contributed by atoms with E-state index in [1.54, 1.807) is 19.1 Å². The molecule has 1 aliphatic carbocycles. The van der Waals surface area contributed by atoms with Gasteiger partial charge in [-0.25, -0.2) is 9.78 Å². The molecule has 1 atom stereocenters. The Hall–Kier alpha value is -2.09. The molecule has 1 aromatic heterocycles. The number of anilines is 1. The number of pyridine rings is 1. The first-order valence-electron chi connectivity index (χ1n) is 5.44. The Morgan fingerprint density at radius 1 is 1.71 bits per heavy atom. The fourth-order valence-electron chi connectivity index (χ4n) is 1.86. The Kier molecular flexibility index (Phi) is 2.72. The molecule has 5 nitrogen and oxygen atoms in total. The van der Waals surface area contributed by atoms with Gasteiger partial charge in [-0.1, -0.05) is 0 Å². The van der Waals surface area contributed by atoms with Gasteiger partial charge in [0.25, 0.3) is 0 Å². The van der Waals surface area contributed by atoms with E-state index in [0.717, 1.165) is 12.8 Å². The number of nitrogens with one attached hydrogen (secondary N) is 1. The Balaban J connectivity index is 2.23. The number of hydrogen-bond acceptors (Lipinski definition) is 4. The monoisotopic (exact) mass is 231 g/mol. The van der Waals surface area contributed by atoms with Gasteiger partial charge in [0.1, 0.15) is 17.3 Å². The lowest BCUT2D eigenvalue weighted by Gasteiger charge is -2.27. The maximum absolute atomic E-state index is 11.3. The van der Waals surface area contributed by atoms with Crippen LogP contribution in [0.2, 0.25) is 0 Å². The number of rotatable bonds is 4. The molecule has 1 aromatic rings. The van der Waals surface area contributed by atoms with Crippen molar-refractivity contribution in [1.29, 1.82) is 5.26 Å². The lowest BCUT2D eigenvalue weighted by atomic mass is 9.95. The van der Waals surface area contributed by atoms with Gasteiger partial charge in [0.15, 0.2) is 0 Å². The molecule has 17 heavy (non-hydrogen) atoms. The number of carbonyl (C=O) groups is 1. The maximum Gasteiger partial charge on any atom is 0.329 e. The van der Waals surface area contributed by atoms with Crippen molar-refractivity contribution in [2.75, 3.05) is 5.32 Å². The van der Waals surface area contributed by atoms with Crippen LogP contribution >= 0.6 is 0 Å². The number of aliphatic carboxylic acids is 1. The molecule has 0 saturated heterocycles. The zero-order chi connectivity index (χ0) is 12.5. The third-order valence-corrected chi connectivity index (χ3v) is 3.12. The highest BCUT2D eigenvalue weighted by Gasteiger charge is 2.47. The van der Waals surface area contributed by atoms with Crippen LogP contribution in [0.4, 0.5) is 5.69 Å². The van der Waals surface area contributed by atoms with Crippen molar-refractivity contribution in [3.8, 4) is 6.07 Å². The highest BCUT2D eigenvalue weighted by molar-refractivity contribution is 5.83. The van der Waals surface area contributed by atoms with E-state index in [4.69, 9.17) is 5.26 Å². The molecule has 0 spiro atoms. The Morgan fingerprint density at radius 3 is 2.94 bits per heavy atom. The summed E-state index contributed by atoms with van der Waals surface area (Å²) in [6.07, 6.45) is 3.34. The summed E-state index contributed by atoms with van der Waals surface area (Å²) in [5.74, 6) is -0.714. The van der Waals surface area contributed by atoms with E-state index in [2.05, 4.69) is 10.3 Å². The number of carboxylic acid groups (broad SMARTS) is 1. The predicted molar refractivity (Wildman–Crippen MR) is 61.3 cm³/mol. The van der Waals surface area contributed by atoms with Crippen molar-refractivity contribution >= 4 is 11.7 Å². The third-order valence-electron chi connectivity index (χ3n) is 3.12. The average molecular weight is 231 g/mol. The van der Waals surface area contributed by atoms with Crippen molar-refractivity contribution in [3.05, 3.63) is 24.0 Å². The van der Waals surface area contributed by atoms with Gasteiger partial charge in [-0.2, -0.15) is 5.26 Å². The summed E-state index contributed by atoms with van der Waals surface area (Å²) in [6, 6.07) is 5.16. The van der Waals surface area contributed by atoms with E-state index >= 15 is 0 Å². The summed E-state index contributed by atoms with van der Waals surface area (Å²) in [4.78, 5) is 15.2. The van der Waals surface area contributed by atoms with E-state index in [1.165, 1.54) is 6.20 Å². The van der Waals surface area contributed by atoms with Gasteiger partial charge in [-0.05, 0) is 37.8 Å². The lowest BCUT2D eigenvalue weighted by molar-refractivity contribution is -0.142. The SMILES string of the molecule is CC(Nc1ccnc(C#N)c1)(C(=O)O)C1CC1. The van der Waals surface area contributed by atoms with Gasteiger partial charge in [0.2, 0.25) is 0 Å². The molecule has 0 amide bonds. The second kappa shape index (κ2) is 4.06. The largest absolute Gasteiger partial charge is 0.480 e. The highest BCUT2D eigenvalue weighted by atomic mass is 16.4. The minimum absolute atomic E-state index is 0.152. The number of nitrogens with zero attached hydrogens (tertiary/aromatic N) is 2. The van der Waals surface area contributed by atoms with Gasteiger partial charge >= 0.3 is 5.97 Å². The smallest absolute Gasteiger partial charge is 0.329 e. The van der Waals surface area contributed by atoms with Crippen molar-refractivity contribution in [2.24, 2.45) is 5.92 Å². The lowest BCUT2D eigenvalue weighted by Crippen LogP contribution is -2.45. The van der Waals surface area contributed by atoms with Crippen LogP contribution in [0.5, 0.6) is 0 Å². The molecule has 0 bridgehead atoms. The van der Waals surface area contributed by atoms with Gasteiger partial charge < -0.3 is 10.4 Å². The molecular formula is C12H13N3O2. The first-order chi connectivity index (χ1) is 8.06. The predicted octanol–water partition coefficient (Wildman–Crippen LogP) is 1.62. The van der Waals surface area contributed by atoms with Crippen molar-refractivity contribution < 1.29 is 9.90 Å². The van der Waals surface area contributed by atoms with Gasteiger partial charge in [-0.15, -0.1) is 0 Å². The number of aromatic nitrogens is 1. The van der Waals surface area contributed by atoms with Gasteiger partial charge in [-0.3, -0.25) is 0 Å². The molecule has 1 aliphatic rings. The fourth-order valence-corrected chi connectivity index (χ4v) is 1.86. The van der Waals surface area contributed by atoms with Crippen molar-refractivity contribution in [2.45, 2.75) is 25.3 Å². The zero-order valence-electron chi connectivity index (χ0n) is 9.47. The van der Waals surface area contributed by atoms with Crippen molar-refractivity contribution in [1.82, 2.24) is 4.98 Å². The molecule has 0 radical (unpaired) electrons. The van der Waals surface area contributed by atoms with Gasteiger partial charge in [0.05, 0.1) is 0 Å². The summed E-state index contributed by atoms with van der Waals surface area (Å²) in [5.41, 5.74) is -0.0689. The Morgan fingerprint density at radius 2 is 2.41 bits per heavy atom. The van der Waals surface area contributed by atoms with E-state index in [1.807, 2.05) is 6.07 Å². The summed E-state index contributed by atoms with van der Waals surface area (Å²) < 4.78 is 0. The minimum Gasteiger partial charge on any atom is -0.480 e. The normalized spacial score (nSPS) is 17.9. The summed E-state index contributed by atoms with van der Waals surface area (Å²) in [7, 11) is 0. The third kappa shape index (κ3) is 2.21. The van der Waals surface area contributed by atoms with E-state index in [0.29, 0.717) is 5.69 Å². The molecule has 1 heterocycles. The maximum atomic E-state index is 11.3. The van der Waals surface area contributed by atoms with Crippen LogP contribution in [0.3, 0.4) is 0 Å². The average Bonchev–Trinajstić information content (AvgIpc) is 3.13. The Bertz CT molecular complexity index is 491. The Labute approximate surface area is 99.1 Å². The molecule has 1 saturated carbocycles. The number of carboxylic acids is 1. The standard InChI is InChI=1S/C12H13N3O2/c1-12(11(16)17,8-2-3-8)15-9-4-5-14-10(6-9)7-13/h4-6,8H,2-3H2,1H3,(H,14,15)(H,16,17). The zero-order valence-corrected chi connectivity index (χ0v) is 9.47. The molecule has 1 fully saturated rings. The van der Waals surface area contributed by atoms with Crippen LogP contribution in [0.15, 0.2) is 18.3 Å². The van der Waals surface area contributed by atoms with E-state index in [-0.39, 0.29) is 11.6 Å². The van der Waals surface area contributed by atoms with Crippen LogP contribution < -0.4 is 5.32 Å². The highest BCUT2D eigenvalue weighted by Crippen LogP contribution is 2.41. The topological polar surface area (TPSA) is 86.0 Å². The van der Waals surface area contributed by atoms with Crippen LogP contribution in [-0.4, -0.2) is 21.6 Å². The number of nitriles is 1. The molecule has 88 valence electrons.